The molecule has 0 aliphatic heterocycles. The number of halogens is 4. The van der Waals surface area contributed by atoms with Crippen LogP contribution in [0, 0.1) is 0 Å². The number of carbonyl (C=O) groups excluding carboxylic acids is 1. The maximum atomic E-state index is 12.7. The summed E-state index contributed by atoms with van der Waals surface area (Å²) in [7, 11) is -4.25. The monoisotopic (exact) mass is 524 g/mol. The Bertz CT molecular complexity index is 1460. The number of amides is 1. The van der Waals surface area contributed by atoms with E-state index in [0.717, 1.165) is 23.0 Å². The third kappa shape index (κ3) is 6.03. The summed E-state index contributed by atoms with van der Waals surface area (Å²) in [6, 6.07) is 12.0. The molecule has 0 spiro atoms. The van der Waals surface area contributed by atoms with E-state index in [1.165, 1.54) is 30.3 Å². The number of hydrogen-bond acceptors (Lipinski definition) is 5. The number of rotatable bonds is 7. The van der Waals surface area contributed by atoms with E-state index in [9.17, 15) is 26.4 Å². The number of ether oxygens (including phenoxy) is 1. The molecule has 0 saturated heterocycles. The van der Waals surface area contributed by atoms with Crippen LogP contribution in [0.15, 0.2) is 71.9 Å². The zero-order valence-corrected chi connectivity index (χ0v) is 19.1. The lowest BCUT2D eigenvalue weighted by molar-refractivity contribution is -0.274. The predicted molar refractivity (Wildman–Crippen MR) is 123 cm³/mol. The molecule has 3 N–H and O–H groups in total. The zero-order valence-electron chi connectivity index (χ0n) is 17.6. The van der Waals surface area contributed by atoms with Crippen LogP contribution in [0.25, 0.3) is 10.9 Å². The Hall–Kier alpha value is -3.77. The minimum atomic E-state index is -5.04. The highest BCUT2D eigenvalue weighted by Gasteiger charge is 2.33. The average Bonchev–Trinajstić information content (AvgIpc) is 3.23. The van der Waals surface area contributed by atoms with Crippen LogP contribution in [0.4, 0.5) is 18.9 Å². The lowest BCUT2D eigenvalue weighted by atomic mass is 10.2. The Kier molecular flexibility index (Phi) is 6.59. The molecule has 0 aliphatic rings. The number of aromatic nitrogens is 2. The van der Waals surface area contributed by atoms with Crippen molar-refractivity contribution in [1.82, 2.24) is 15.3 Å². The molecule has 13 heteroatoms. The minimum absolute atomic E-state index is 0.0669. The van der Waals surface area contributed by atoms with E-state index in [2.05, 4.69) is 24.7 Å². The van der Waals surface area contributed by atoms with Gasteiger partial charge in [0.05, 0.1) is 10.6 Å². The summed E-state index contributed by atoms with van der Waals surface area (Å²) < 4.78 is 69.3. The third-order valence-electron chi connectivity index (χ3n) is 4.77. The van der Waals surface area contributed by atoms with Crippen LogP contribution in [0.2, 0.25) is 5.02 Å². The van der Waals surface area contributed by atoms with Crippen LogP contribution in [0.5, 0.6) is 5.75 Å². The second kappa shape index (κ2) is 9.47. The van der Waals surface area contributed by atoms with Gasteiger partial charge >= 0.3 is 6.36 Å². The first-order chi connectivity index (χ1) is 16.5. The summed E-state index contributed by atoms with van der Waals surface area (Å²) in [5.74, 6) is -1.15. The molecular formula is C22H16ClF3N4O4S. The molecule has 4 aromatic rings. The molecule has 0 bridgehead atoms. The SMILES string of the molecule is O=C(NCc1ccc(S(=O)(=O)Nc2ccc(Cl)cc2OC(F)(F)F)cc1)c1cc2cnccc2[nH]1. The van der Waals surface area contributed by atoms with Gasteiger partial charge in [0.15, 0.2) is 5.75 Å². The molecule has 4 rings (SSSR count). The molecule has 8 nitrogen and oxygen atoms in total. The molecule has 182 valence electrons. The molecule has 35 heavy (non-hydrogen) atoms. The van der Waals surface area contributed by atoms with Gasteiger partial charge in [-0.05, 0) is 42.0 Å². The highest BCUT2D eigenvalue weighted by atomic mass is 35.5. The zero-order chi connectivity index (χ0) is 25.2. The number of sulfonamides is 1. The Morgan fingerprint density at radius 2 is 1.83 bits per heavy atom. The number of carbonyl (C=O) groups is 1. The number of fused-ring (bicyclic) bond motifs is 1. The molecule has 2 aromatic carbocycles. The summed E-state index contributed by atoms with van der Waals surface area (Å²) in [4.78, 5) is 19.2. The molecule has 2 heterocycles. The van der Waals surface area contributed by atoms with Crippen LogP contribution in [-0.2, 0) is 16.6 Å². The fourth-order valence-corrected chi connectivity index (χ4v) is 4.38. The van der Waals surface area contributed by atoms with Gasteiger partial charge in [0.25, 0.3) is 15.9 Å². The van der Waals surface area contributed by atoms with Gasteiger partial charge in [-0.2, -0.15) is 0 Å². The molecule has 0 aliphatic carbocycles. The third-order valence-corrected chi connectivity index (χ3v) is 6.38. The van der Waals surface area contributed by atoms with Crippen molar-refractivity contribution in [2.45, 2.75) is 17.8 Å². The van der Waals surface area contributed by atoms with Crippen LogP contribution in [0.1, 0.15) is 16.1 Å². The maximum absolute atomic E-state index is 12.7. The fourth-order valence-electron chi connectivity index (χ4n) is 3.15. The number of nitrogens with zero attached hydrogens (tertiary/aromatic N) is 1. The molecule has 0 fully saturated rings. The van der Waals surface area contributed by atoms with Crippen molar-refractivity contribution < 1.29 is 31.1 Å². The van der Waals surface area contributed by atoms with Crippen LogP contribution in [-0.4, -0.2) is 30.7 Å². The highest BCUT2D eigenvalue weighted by Crippen LogP contribution is 2.34. The first kappa shape index (κ1) is 24.4. The standard InChI is InChI=1S/C22H16ClF3N4O4S/c23-15-3-6-18(20(10-15)34-22(24,25)26)30-35(32,33)16-4-1-13(2-5-16)11-28-21(31)19-9-14-12-27-8-7-17(14)29-19/h1-10,12,29-30H,11H2,(H,28,31). The van der Waals surface area contributed by atoms with Crippen molar-refractivity contribution in [1.29, 1.82) is 0 Å². The largest absolute Gasteiger partial charge is 0.573 e. The predicted octanol–water partition coefficient (Wildman–Crippen LogP) is 4.85. The average molecular weight is 525 g/mol. The van der Waals surface area contributed by atoms with Crippen LogP contribution in [0.3, 0.4) is 0 Å². The van der Waals surface area contributed by atoms with Gasteiger partial charge in [0, 0.05) is 40.9 Å². The van der Waals surface area contributed by atoms with E-state index in [1.807, 2.05) is 0 Å². The lowest BCUT2D eigenvalue weighted by Crippen LogP contribution is -2.23. The van der Waals surface area contributed by atoms with E-state index in [0.29, 0.717) is 11.3 Å². The second-order valence-corrected chi connectivity index (χ2v) is 9.39. The number of pyridine rings is 1. The number of hydrogen-bond donors (Lipinski definition) is 3. The van der Waals surface area contributed by atoms with Gasteiger partial charge in [-0.15, -0.1) is 13.2 Å². The van der Waals surface area contributed by atoms with Crippen molar-refractivity contribution in [2.24, 2.45) is 0 Å². The maximum Gasteiger partial charge on any atom is 0.573 e. The van der Waals surface area contributed by atoms with Crippen molar-refractivity contribution in [2.75, 3.05) is 4.72 Å². The molecule has 0 atom stereocenters. The Morgan fingerprint density at radius 1 is 1.09 bits per heavy atom. The van der Waals surface area contributed by atoms with E-state index in [4.69, 9.17) is 11.6 Å². The van der Waals surface area contributed by atoms with Gasteiger partial charge in [-0.1, -0.05) is 23.7 Å². The molecule has 0 unspecified atom stereocenters. The molecule has 2 aromatic heterocycles. The number of benzene rings is 2. The summed E-state index contributed by atoms with van der Waals surface area (Å²) >= 11 is 5.70. The number of anilines is 1. The number of nitrogens with one attached hydrogen (secondary N) is 3. The lowest BCUT2D eigenvalue weighted by Gasteiger charge is -2.15. The van der Waals surface area contributed by atoms with E-state index in [1.54, 1.807) is 24.5 Å². The van der Waals surface area contributed by atoms with E-state index >= 15 is 0 Å². The van der Waals surface area contributed by atoms with Gasteiger partial charge in [-0.3, -0.25) is 14.5 Å². The van der Waals surface area contributed by atoms with Crippen molar-refractivity contribution >= 4 is 44.1 Å². The second-order valence-electron chi connectivity index (χ2n) is 7.27. The summed E-state index contributed by atoms with van der Waals surface area (Å²) in [5.41, 5.74) is 1.27. The smallest absolute Gasteiger partial charge is 0.403 e. The topological polar surface area (TPSA) is 113 Å². The molecule has 0 saturated carbocycles. The summed E-state index contributed by atoms with van der Waals surface area (Å²) in [6.07, 6.45) is -1.82. The van der Waals surface area contributed by atoms with Crippen molar-refractivity contribution in [3.05, 3.63) is 83.3 Å². The van der Waals surface area contributed by atoms with E-state index < -0.39 is 27.8 Å². The van der Waals surface area contributed by atoms with Gasteiger partial charge < -0.3 is 15.0 Å². The van der Waals surface area contributed by atoms with Gasteiger partial charge in [0.2, 0.25) is 0 Å². The number of alkyl halides is 3. The van der Waals surface area contributed by atoms with Crippen LogP contribution < -0.4 is 14.8 Å². The Balaban J connectivity index is 1.44. The first-order valence-corrected chi connectivity index (χ1v) is 11.7. The Morgan fingerprint density at radius 3 is 2.51 bits per heavy atom. The van der Waals surface area contributed by atoms with Gasteiger partial charge in [-0.25, -0.2) is 8.42 Å². The Labute approximate surface area is 202 Å². The quantitative estimate of drug-likeness (QED) is 0.320. The summed E-state index contributed by atoms with van der Waals surface area (Å²) in [5, 5.41) is 3.43. The van der Waals surface area contributed by atoms with Gasteiger partial charge in [0.1, 0.15) is 5.69 Å². The normalized spacial score (nSPS) is 11.9. The highest BCUT2D eigenvalue weighted by molar-refractivity contribution is 7.92. The van der Waals surface area contributed by atoms with E-state index in [-0.39, 0.29) is 22.4 Å². The molecule has 1 amide bonds. The number of H-pyrrole nitrogens is 1. The number of aromatic amines is 1. The summed E-state index contributed by atoms with van der Waals surface area (Å²) in [6.45, 7) is 0.112. The van der Waals surface area contributed by atoms with Crippen molar-refractivity contribution in [3.63, 3.8) is 0 Å². The van der Waals surface area contributed by atoms with Crippen LogP contribution >= 0.6 is 11.6 Å². The fraction of sp³-hybridized carbons (Fsp3) is 0.0909. The first-order valence-electron chi connectivity index (χ1n) is 9.88. The molecule has 0 radical (unpaired) electrons. The molecular weight excluding hydrogens is 509 g/mol. The minimum Gasteiger partial charge on any atom is -0.403 e. The van der Waals surface area contributed by atoms with Crippen molar-refractivity contribution in [3.8, 4) is 5.75 Å².